The van der Waals surface area contributed by atoms with Crippen molar-refractivity contribution in [2.75, 3.05) is 18.6 Å². The van der Waals surface area contributed by atoms with E-state index in [4.69, 9.17) is 0 Å². The van der Waals surface area contributed by atoms with E-state index in [1.54, 1.807) is 7.05 Å². The van der Waals surface area contributed by atoms with E-state index in [2.05, 4.69) is 5.32 Å². The van der Waals surface area contributed by atoms with Crippen molar-refractivity contribution >= 4 is 21.7 Å². The Morgan fingerprint density at radius 1 is 1.19 bits per heavy atom. The molecule has 1 aliphatic heterocycles. The minimum Gasteiger partial charge on any atom is -0.344 e. The number of hydrogen-bond acceptors (Lipinski definition) is 4. The van der Waals surface area contributed by atoms with E-state index in [1.807, 2.05) is 0 Å². The summed E-state index contributed by atoms with van der Waals surface area (Å²) in [7, 11) is -1.37. The number of carbonyl (C=O) groups excluding carboxylic acids is 2. The molecule has 0 aromatic carbocycles. The molecule has 6 nitrogen and oxygen atoms in total. The van der Waals surface area contributed by atoms with Crippen LogP contribution in [0.1, 0.15) is 39.0 Å². The second-order valence-corrected chi connectivity index (χ2v) is 8.46. The third-order valence-corrected chi connectivity index (χ3v) is 6.35. The Balaban J connectivity index is 2.08. The van der Waals surface area contributed by atoms with Crippen LogP contribution in [0, 0.1) is 5.92 Å². The topological polar surface area (TPSA) is 83.6 Å². The number of amides is 2. The third kappa shape index (κ3) is 3.96. The highest BCUT2D eigenvalue weighted by molar-refractivity contribution is 7.91. The molecule has 0 bridgehead atoms. The second kappa shape index (κ2) is 6.34. The summed E-state index contributed by atoms with van der Waals surface area (Å²) in [5, 5.41) is 2.77. The van der Waals surface area contributed by atoms with Crippen molar-refractivity contribution in [2.45, 2.75) is 51.1 Å². The minimum absolute atomic E-state index is 0.0344. The van der Waals surface area contributed by atoms with Gasteiger partial charge in [-0.05, 0) is 25.2 Å². The van der Waals surface area contributed by atoms with Crippen LogP contribution in [0.3, 0.4) is 0 Å². The maximum atomic E-state index is 12.7. The maximum Gasteiger partial charge on any atom is 0.245 e. The first-order valence-corrected chi connectivity index (χ1v) is 9.36. The number of nitrogens with one attached hydrogen (secondary N) is 1. The zero-order valence-electron chi connectivity index (χ0n) is 12.7. The molecule has 2 amide bonds. The highest BCUT2D eigenvalue weighted by Gasteiger charge is 2.38. The van der Waals surface area contributed by atoms with Crippen molar-refractivity contribution in [1.29, 1.82) is 0 Å². The lowest BCUT2D eigenvalue weighted by Crippen LogP contribution is -2.53. The second-order valence-electron chi connectivity index (χ2n) is 6.23. The Hall–Kier alpha value is -1.11. The van der Waals surface area contributed by atoms with Gasteiger partial charge in [-0.3, -0.25) is 9.59 Å². The average Bonchev–Trinajstić information content (AvgIpc) is 3.03. The van der Waals surface area contributed by atoms with Gasteiger partial charge in [0.25, 0.3) is 0 Å². The fourth-order valence-electron chi connectivity index (χ4n) is 3.37. The molecule has 0 unspecified atom stereocenters. The first-order chi connectivity index (χ1) is 9.80. The van der Waals surface area contributed by atoms with E-state index in [1.165, 1.54) is 11.8 Å². The van der Waals surface area contributed by atoms with Gasteiger partial charge >= 0.3 is 0 Å². The summed E-state index contributed by atoms with van der Waals surface area (Å²) in [6, 6.07) is -0.779. The Kier molecular flexibility index (Phi) is 4.91. The van der Waals surface area contributed by atoms with Crippen molar-refractivity contribution in [1.82, 2.24) is 10.2 Å². The molecule has 1 aliphatic carbocycles. The van der Waals surface area contributed by atoms with E-state index >= 15 is 0 Å². The van der Waals surface area contributed by atoms with Crippen molar-refractivity contribution < 1.29 is 18.0 Å². The smallest absolute Gasteiger partial charge is 0.245 e. The van der Waals surface area contributed by atoms with Crippen molar-refractivity contribution in [3.8, 4) is 0 Å². The van der Waals surface area contributed by atoms with Crippen molar-refractivity contribution in [3.63, 3.8) is 0 Å². The van der Waals surface area contributed by atoms with Gasteiger partial charge < -0.3 is 10.2 Å². The SMILES string of the molecule is CC(=O)N[C@@H](C(=O)N(C)[C@H]1CCS(=O)(=O)C1)C1CCCC1. The van der Waals surface area contributed by atoms with Gasteiger partial charge in [0.1, 0.15) is 6.04 Å². The summed E-state index contributed by atoms with van der Waals surface area (Å²) in [6.07, 6.45) is 4.52. The largest absolute Gasteiger partial charge is 0.344 e. The summed E-state index contributed by atoms with van der Waals surface area (Å²) in [6.45, 7) is 1.41. The van der Waals surface area contributed by atoms with E-state index in [9.17, 15) is 18.0 Å². The minimum atomic E-state index is -3.02. The van der Waals surface area contributed by atoms with E-state index < -0.39 is 15.9 Å². The van der Waals surface area contributed by atoms with Gasteiger partial charge in [-0.15, -0.1) is 0 Å². The Morgan fingerprint density at radius 2 is 1.81 bits per heavy atom. The first kappa shape index (κ1) is 16.3. The summed E-state index contributed by atoms with van der Waals surface area (Å²) in [5.41, 5.74) is 0. The zero-order chi connectivity index (χ0) is 15.6. The quantitative estimate of drug-likeness (QED) is 0.810. The number of hydrogen-bond donors (Lipinski definition) is 1. The molecule has 120 valence electrons. The molecular weight excluding hydrogens is 292 g/mol. The summed E-state index contributed by atoms with van der Waals surface area (Å²) < 4.78 is 23.1. The highest BCUT2D eigenvalue weighted by Crippen LogP contribution is 2.29. The summed E-state index contributed by atoms with van der Waals surface area (Å²) in [4.78, 5) is 25.6. The lowest BCUT2D eigenvalue weighted by atomic mass is 9.96. The Morgan fingerprint density at radius 3 is 2.29 bits per heavy atom. The fraction of sp³-hybridized carbons (Fsp3) is 0.857. The molecule has 0 radical (unpaired) electrons. The highest BCUT2D eigenvalue weighted by atomic mass is 32.2. The Labute approximate surface area is 126 Å². The average molecular weight is 316 g/mol. The number of nitrogens with zero attached hydrogens (tertiary/aromatic N) is 1. The molecule has 1 heterocycles. The number of sulfone groups is 1. The summed E-state index contributed by atoms with van der Waals surface area (Å²) in [5.74, 6) is -0.0234. The van der Waals surface area contributed by atoms with Crippen LogP contribution in [-0.4, -0.2) is 55.8 Å². The first-order valence-electron chi connectivity index (χ1n) is 7.54. The van der Waals surface area contributed by atoms with Crippen LogP contribution in [0.5, 0.6) is 0 Å². The van der Waals surface area contributed by atoms with E-state index in [0.717, 1.165) is 25.7 Å². The molecule has 2 atom stereocenters. The predicted molar refractivity (Wildman–Crippen MR) is 79.4 cm³/mol. The van der Waals surface area contributed by atoms with Crippen LogP contribution in [0.2, 0.25) is 0 Å². The molecule has 7 heteroatoms. The van der Waals surface area contributed by atoms with Gasteiger partial charge in [-0.1, -0.05) is 12.8 Å². The lowest BCUT2D eigenvalue weighted by Gasteiger charge is -2.31. The fourth-order valence-corrected chi connectivity index (χ4v) is 5.15. The molecule has 1 saturated carbocycles. The predicted octanol–water partition coefficient (Wildman–Crippen LogP) is 0.327. The molecule has 0 aromatic heterocycles. The molecule has 2 rings (SSSR count). The molecule has 0 aromatic rings. The van der Waals surface area contributed by atoms with Crippen molar-refractivity contribution in [3.05, 3.63) is 0 Å². The summed E-state index contributed by atoms with van der Waals surface area (Å²) >= 11 is 0. The van der Waals surface area contributed by atoms with E-state index in [-0.39, 0.29) is 35.3 Å². The van der Waals surface area contributed by atoms with Crippen LogP contribution in [0.4, 0.5) is 0 Å². The van der Waals surface area contributed by atoms with Crippen LogP contribution in [0.25, 0.3) is 0 Å². The van der Waals surface area contributed by atoms with Gasteiger partial charge in [-0.2, -0.15) is 0 Å². The third-order valence-electron chi connectivity index (χ3n) is 4.60. The molecule has 21 heavy (non-hydrogen) atoms. The van der Waals surface area contributed by atoms with Gasteiger partial charge in [0.05, 0.1) is 11.5 Å². The monoisotopic (exact) mass is 316 g/mol. The van der Waals surface area contributed by atoms with Gasteiger partial charge in [-0.25, -0.2) is 8.42 Å². The van der Waals surface area contributed by atoms with Crippen LogP contribution in [-0.2, 0) is 19.4 Å². The lowest BCUT2D eigenvalue weighted by molar-refractivity contribution is -0.137. The normalized spacial score (nSPS) is 26.5. The number of likely N-dealkylation sites (N-methyl/N-ethyl adjacent to an activating group) is 1. The molecule has 2 aliphatic rings. The Bertz CT molecular complexity index is 511. The van der Waals surface area contributed by atoms with Crippen LogP contribution < -0.4 is 5.32 Å². The van der Waals surface area contributed by atoms with Gasteiger partial charge in [0.2, 0.25) is 11.8 Å². The molecule has 1 N–H and O–H groups in total. The van der Waals surface area contributed by atoms with Gasteiger partial charge in [0.15, 0.2) is 9.84 Å². The molecule has 1 saturated heterocycles. The van der Waals surface area contributed by atoms with E-state index in [0.29, 0.717) is 6.42 Å². The number of carbonyl (C=O) groups is 2. The van der Waals surface area contributed by atoms with Crippen LogP contribution >= 0.6 is 0 Å². The molecule has 0 spiro atoms. The molecule has 2 fully saturated rings. The standard InChI is InChI=1S/C14H24N2O4S/c1-10(17)15-13(11-5-3-4-6-11)14(18)16(2)12-7-8-21(19,20)9-12/h11-13H,3-9H2,1-2H3,(H,15,17)/t12-,13+/m0/s1. The zero-order valence-corrected chi connectivity index (χ0v) is 13.5. The number of rotatable bonds is 4. The van der Waals surface area contributed by atoms with Crippen molar-refractivity contribution in [2.24, 2.45) is 5.92 Å². The van der Waals surface area contributed by atoms with Gasteiger partial charge in [0, 0.05) is 20.0 Å². The maximum absolute atomic E-state index is 12.7. The van der Waals surface area contributed by atoms with Crippen LogP contribution in [0.15, 0.2) is 0 Å². The molecular formula is C14H24N2O4S.